The van der Waals surface area contributed by atoms with E-state index in [2.05, 4.69) is 35.1 Å². The first-order valence-corrected chi connectivity index (χ1v) is 14.0. The lowest BCUT2D eigenvalue weighted by Gasteiger charge is -2.27. The third-order valence-electron chi connectivity index (χ3n) is 7.02. The van der Waals surface area contributed by atoms with Gasteiger partial charge in [-0.1, -0.05) is 79.1 Å². The zero-order chi connectivity index (χ0) is 26.9. The van der Waals surface area contributed by atoms with Gasteiger partial charge in [-0.05, 0) is 37.6 Å². The highest BCUT2D eigenvalue weighted by Crippen LogP contribution is 2.16. The van der Waals surface area contributed by atoms with Crippen LogP contribution in [0, 0.1) is 11.8 Å². The summed E-state index contributed by atoms with van der Waals surface area (Å²) in [5.74, 6) is -0.809. The van der Waals surface area contributed by atoms with Crippen molar-refractivity contribution in [1.29, 1.82) is 0 Å². The van der Waals surface area contributed by atoms with Gasteiger partial charge in [0.25, 0.3) is 0 Å². The monoisotopic (exact) mass is 509 g/mol. The molecule has 0 aromatic heterocycles. The predicted octanol–water partition coefficient (Wildman–Crippen LogP) is 2.52. The Bertz CT molecular complexity index is 685. The van der Waals surface area contributed by atoms with Crippen LogP contribution < -0.4 is 27.0 Å². The van der Waals surface area contributed by atoms with Gasteiger partial charge in [0.05, 0.1) is 6.54 Å². The molecule has 9 heteroatoms. The average Bonchev–Trinajstić information content (AvgIpc) is 2.84. The number of rotatable bonds is 14. The van der Waals surface area contributed by atoms with Crippen molar-refractivity contribution in [1.82, 2.24) is 21.3 Å². The van der Waals surface area contributed by atoms with E-state index in [-0.39, 0.29) is 36.7 Å². The zero-order valence-electron chi connectivity index (χ0n) is 23.0. The molecule has 1 aliphatic heterocycles. The van der Waals surface area contributed by atoms with Gasteiger partial charge in [-0.2, -0.15) is 0 Å². The van der Waals surface area contributed by atoms with Gasteiger partial charge in [0, 0.05) is 12.5 Å². The number of hydrogen-bond acceptors (Lipinski definition) is 5. The highest BCUT2D eigenvalue weighted by molar-refractivity contribution is 5.94. The topological polar surface area (TPSA) is 142 Å². The number of nitrogens with two attached hydrogens (primary N) is 1. The molecule has 1 rings (SSSR count). The Morgan fingerprint density at radius 1 is 0.806 bits per heavy atom. The molecular weight excluding hydrogens is 458 g/mol. The molecule has 0 aliphatic carbocycles. The minimum Gasteiger partial charge on any atom is -0.351 e. The molecule has 1 saturated heterocycles. The van der Waals surface area contributed by atoms with Crippen LogP contribution in [0.5, 0.6) is 0 Å². The Balaban J connectivity index is 2.73. The van der Waals surface area contributed by atoms with E-state index >= 15 is 0 Å². The molecule has 4 amide bonds. The fourth-order valence-electron chi connectivity index (χ4n) is 4.41. The fraction of sp³-hybridized carbons (Fsp3) is 0.852. The first kappa shape index (κ1) is 31.9. The van der Waals surface area contributed by atoms with E-state index < -0.39 is 23.9 Å². The van der Waals surface area contributed by atoms with Crippen molar-refractivity contribution in [2.24, 2.45) is 17.6 Å². The number of nitrogens with one attached hydrogen (secondary N) is 4. The summed E-state index contributed by atoms with van der Waals surface area (Å²) in [5, 5.41) is 11.1. The molecule has 4 unspecified atom stereocenters. The minimum atomic E-state index is -0.811. The fourth-order valence-corrected chi connectivity index (χ4v) is 4.41. The predicted molar refractivity (Wildman–Crippen MR) is 143 cm³/mol. The van der Waals surface area contributed by atoms with Gasteiger partial charge in [-0.25, -0.2) is 0 Å². The Morgan fingerprint density at radius 2 is 1.47 bits per heavy atom. The highest BCUT2D eigenvalue weighted by atomic mass is 16.2. The summed E-state index contributed by atoms with van der Waals surface area (Å²) < 4.78 is 0. The largest absolute Gasteiger partial charge is 0.351 e. The van der Waals surface area contributed by atoms with Crippen molar-refractivity contribution in [2.45, 2.75) is 123 Å². The Hall–Kier alpha value is -2.16. The summed E-state index contributed by atoms with van der Waals surface area (Å²) in [6.45, 7) is 8.43. The van der Waals surface area contributed by atoms with Crippen molar-refractivity contribution in [3.63, 3.8) is 0 Å². The van der Waals surface area contributed by atoms with E-state index in [1.807, 2.05) is 13.8 Å². The van der Waals surface area contributed by atoms with Crippen LogP contribution in [0.1, 0.15) is 105 Å². The molecule has 6 N–H and O–H groups in total. The lowest BCUT2D eigenvalue weighted by molar-refractivity contribution is -0.133. The van der Waals surface area contributed by atoms with Gasteiger partial charge < -0.3 is 27.0 Å². The lowest BCUT2D eigenvalue weighted by Crippen LogP contribution is -2.56. The third kappa shape index (κ3) is 13.2. The summed E-state index contributed by atoms with van der Waals surface area (Å²) in [4.78, 5) is 50.9. The van der Waals surface area contributed by atoms with Crippen LogP contribution in [0.4, 0.5) is 0 Å². The van der Waals surface area contributed by atoms with Crippen molar-refractivity contribution in [2.75, 3.05) is 13.1 Å². The molecule has 1 fully saturated rings. The number of carbonyl (C=O) groups is 4. The number of amides is 4. The Kier molecular flexibility index (Phi) is 16.1. The number of hydrogen-bond donors (Lipinski definition) is 5. The summed E-state index contributed by atoms with van der Waals surface area (Å²) in [6, 6.07) is -1.92. The number of unbranched alkanes of at least 4 members (excludes halogenated alkanes) is 5. The molecular formula is C27H51N5O4. The molecule has 208 valence electrons. The van der Waals surface area contributed by atoms with Crippen molar-refractivity contribution in [3.05, 3.63) is 0 Å². The van der Waals surface area contributed by atoms with E-state index in [1.54, 1.807) is 0 Å². The zero-order valence-corrected chi connectivity index (χ0v) is 23.0. The molecule has 36 heavy (non-hydrogen) atoms. The van der Waals surface area contributed by atoms with E-state index in [1.165, 1.54) is 32.1 Å². The van der Waals surface area contributed by atoms with Crippen LogP contribution in [0.2, 0.25) is 0 Å². The first-order chi connectivity index (χ1) is 17.2. The van der Waals surface area contributed by atoms with Crippen LogP contribution in [-0.2, 0) is 19.2 Å². The molecule has 0 saturated carbocycles. The normalized spacial score (nSPS) is 23.0. The second-order valence-electron chi connectivity index (χ2n) is 10.7. The summed E-state index contributed by atoms with van der Waals surface area (Å²) in [6.07, 6.45) is 11.0. The molecule has 4 atom stereocenters. The average molecular weight is 510 g/mol. The molecule has 0 bridgehead atoms. The van der Waals surface area contributed by atoms with E-state index in [9.17, 15) is 19.2 Å². The van der Waals surface area contributed by atoms with Crippen molar-refractivity contribution in [3.8, 4) is 0 Å². The standard InChI is InChI=1S/C27H51N5O4/c1-5-20(4)13-10-8-6-7-9-11-14-21-17-23(33)29-18-24(34)31-22(15-12-16-28)26(35)32-25(19(2)3)27(36)30-21/h19-22,25H,5-18,28H2,1-4H3,(H,29,33)(H,30,36)(H,31,34)(H,32,35). The molecule has 0 radical (unpaired) electrons. The van der Waals surface area contributed by atoms with Gasteiger partial charge in [0.15, 0.2) is 0 Å². The quantitative estimate of drug-likeness (QED) is 0.229. The van der Waals surface area contributed by atoms with Crippen molar-refractivity contribution >= 4 is 23.6 Å². The smallest absolute Gasteiger partial charge is 0.243 e. The first-order valence-electron chi connectivity index (χ1n) is 14.0. The van der Waals surface area contributed by atoms with E-state index in [0.29, 0.717) is 25.8 Å². The van der Waals surface area contributed by atoms with Crippen LogP contribution in [0.15, 0.2) is 0 Å². The SMILES string of the molecule is CCC(C)CCCCCCCCC1CC(=O)NCC(=O)NC(CCCN)C(=O)NC(C(C)C)C(=O)N1. The molecule has 0 spiro atoms. The van der Waals surface area contributed by atoms with E-state index in [4.69, 9.17) is 5.73 Å². The minimum absolute atomic E-state index is 0.100. The maximum atomic E-state index is 13.1. The molecule has 0 aromatic rings. The Morgan fingerprint density at radius 3 is 2.11 bits per heavy atom. The maximum absolute atomic E-state index is 13.1. The highest BCUT2D eigenvalue weighted by Gasteiger charge is 2.30. The van der Waals surface area contributed by atoms with Gasteiger partial charge in [-0.15, -0.1) is 0 Å². The van der Waals surface area contributed by atoms with E-state index in [0.717, 1.165) is 25.2 Å². The van der Waals surface area contributed by atoms with Crippen molar-refractivity contribution < 1.29 is 19.2 Å². The van der Waals surface area contributed by atoms with Crippen LogP contribution in [0.3, 0.4) is 0 Å². The summed E-state index contributed by atoms with van der Waals surface area (Å²) in [5.41, 5.74) is 5.58. The van der Waals surface area contributed by atoms with Crippen LogP contribution in [-0.4, -0.2) is 54.8 Å². The summed E-state index contributed by atoms with van der Waals surface area (Å²) >= 11 is 0. The van der Waals surface area contributed by atoms with Gasteiger partial charge >= 0.3 is 0 Å². The molecule has 1 heterocycles. The van der Waals surface area contributed by atoms with Gasteiger partial charge in [-0.3, -0.25) is 19.2 Å². The lowest BCUT2D eigenvalue weighted by atomic mass is 9.98. The summed E-state index contributed by atoms with van der Waals surface area (Å²) in [7, 11) is 0. The third-order valence-corrected chi connectivity index (χ3v) is 7.02. The number of carbonyl (C=O) groups excluding carboxylic acids is 4. The molecule has 0 aromatic carbocycles. The molecule has 1 aliphatic rings. The van der Waals surface area contributed by atoms with Crippen LogP contribution >= 0.6 is 0 Å². The second kappa shape index (κ2) is 18.1. The molecule has 9 nitrogen and oxygen atoms in total. The maximum Gasteiger partial charge on any atom is 0.243 e. The van der Waals surface area contributed by atoms with Gasteiger partial charge in [0.1, 0.15) is 12.1 Å². The van der Waals surface area contributed by atoms with Gasteiger partial charge in [0.2, 0.25) is 23.6 Å². The second-order valence-corrected chi connectivity index (χ2v) is 10.7. The van der Waals surface area contributed by atoms with Crippen LogP contribution in [0.25, 0.3) is 0 Å². The Labute approximate surface area is 217 Å².